The zero-order chi connectivity index (χ0) is 27.5. The molecule has 3 rings (SSSR count). The molecule has 2 atom stereocenters. The molecule has 1 aromatic carbocycles. The number of Topliss-reactive ketones (excluding diaryl/α,β-unsaturated/α-hetero) is 1. The van der Waals surface area contributed by atoms with Gasteiger partial charge in [0.1, 0.15) is 22.8 Å². The molecular formula is C30H39NO7. The first-order valence-corrected chi connectivity index (χ1v) is 13.4. The third-order valence-corrected chi connectivity index (χ3v) is 7.15. The molecule has 2 aromatic rings. The molecule has 2 N–H and O–H groups in total. The Balaban J connectivity index is 1.51. The van der Waals surface area contributed by atoms with Crippen molar-refractivity contribution in [2.45, 2.75) is 71.1 Å². The SMILES string of the molecule is COC(=O)N/C=C/CCC(C)c1cc(O)c(C(=O)C(C)CCc2ccc(OCC3CCCC3)cc2)c(=O)o1. The first-order chi connectivity index (χ1) is 18.3. The molecule has 1 amide bonds. The first kappa shape index (κ1) is 29.0. The highest BCUT2D eigenvalue weighted by Crippen LogP contribution is 2.28. The highest BCUT2D eigenvalue weighted by atomic mass is 16.5. The number of alkyl carbamates (subject to hydrolysis) is 1. The molecule has 0 aliphatic heterocycles. The zero-order valence-corrected chi connectivity index (χ0v) is 22.5. The highest BCUT2D eigenvalue weighted by molar-refractivity contribution is 5.99. The van der Waals surface area contributed by atoms with Crippen LogP contribution in [0.4, 0.5) is 4.79 Å². The Labute approximate surface area is 224 Å². The molecule has 38 heavy (non-hydrogen) atoms. The molecule has 8 nitrogen and oxygen atoms in total. The number of allylic oxidation sites excluding steroid dienone is 1. The number of methoxy groups -OCH3 is 1. The minimum absolute atomic E-state index is 0.178. The van der Waals surface area contributed by atoms with Gasteiger partial charge in [0, 0.05) is 24.1 Å². The maximum Gasteiger partial charge on any atom is 0.410 e. The summed E-state index contributed by atoms with van der Waals surface area (Å²) in [5, 5.41) is 12.9. The van der Waals surface area contributed by atoms with E-state index in [2.05, 4.69) is 10.1 Å². The Morgan fingerprint density at radius 1 is 1.16 bits per heavy atom. The van der Waals surface area contributed by atoms with E-state index in [4.69, 9.17) is 9.15 Å². The van der Waals surface area contributed by atoms with Gasteiger partial charge in [0.15, 0.2) is 5.78 Å². The number of carbonyl (C=O) groups excluding carboxylic acids is 2. The fourth-order valence-corrected chi connectivity index (χ4v) is 4.63. The molecule has 0 spiro atoms. The molecule has 1 aliphatic rings. The third kappa shape index (κ3) is 8.50. The number of aryl methyl sites for hydroxylation is 1. The van der Waals surface area contributed by atoms with Gasteiger partial charge in [0.2, 0.25) is 0 Å². The van der Waals surface area contributed by atoms with Crippen LogP contribution in [0.5, 0.6) is 11.5 Å². The predicted molar refractivity (Wildman–Crippen MR) is 145 cm³/mol. The first-order valence-electron chi connectivity index (χ1n) is 13.4. The fraction of sp³-hybridized carbons (Fsp3) is 0.500. The van der Waals surface area contributed by atoms with Gasteiger partial charge in [-0.3, -0.25) is 10.1 Å². The van der Waals surface area contributed by atoms with Gasteiger partial charge >= 0.3 is 11.7 Å². The van der Waals surface area contributed by atoms with Crippen LogP contribution in [0.15, 0.2) is 51.8 Å². The Bertz CT molecular complexity index is 1150. The summed E-state index contributed by atoms with van der Waals surface area (Å²) in [7, 11) is 1.28. The molecule has 1 saturated carbocycles. The molecule has 8 heteroatoms. The second-order valence-corrected chi connectivity index (χ2v) is 10.1. The van der Waals surface area contributed by atoms with Crippen molar-refractivity contribution in [3.05, 3.63) is 69.9 Å². The minimum Gasteiger partial charge on any atom is -0.507 e. The summed E-state index contributed by atoms with van der Waals surface area (Å²) in [6.45, 7) is 4.38. The number of hydrogen-bond acceptors (Lipinski definition) is 7. The molecule has 1 heterocycles. The average Bonchev–Trinajstić information content (AvgIpc) is 3.44. The quantitative estimate of drug-likeness (QED) is 0.303. The molecule has 1 fully saturated rings. The van der Waals surface area contributed by atoms with E-state index in [9.17, 15) is 19.5 Å². The summed E-state index contributed by atoms with van der Waals surface area (Å²) < 4.78 is 15.8. The molecule has 1 aromatic heterocycles. The lowest BCUT2D eigenvalue weighted by molar-refractivity contribution is 0.0916. The van der Waals surface area contributed by atoms with Crippen LogP contribution < -0.4 is 15.7 Å². The molecule has 0 bridgehead atoms. The number of amides is 1. The monoisotopic (exact) mass is 525 g/mol. The molecular weight excluding hydrogens is 486 g/mol. The number of ketones is 1. The van der Waals surface area contributed by atoms with Gasteiger partial charge in [-0.15, -0.1) is 0 Å². The van der Waals surface area contributed by atoms with Crippen LogP contribution in [0.25, 0.3) is 0 Å². The summed E-state index contributed by atoms with van der Waals surface area (Å²) in [6.07, 6.45) is 10.2. The average molecular weight is 526 g/mol. The molecule has 206 valence electrons. The summed E-state index contributed by atoms with van der Waals surface area (Å²) in [6, 6.07) is 9.28. The van der Waals surface area contributed by atoms with Crippen molar-refractivity contribution in [3.63, 3.8) is 0 Å². The van der Waals surface area contributed by atoms with E-state index < -0.39 is 23.4 Å². The number of ether oxygens (including phenoxy) is 2. The third-order valence-electron chi connectivity index (χ3n) is 7.15. The van der Waals surface area contributed by atoms with E-state index in [0.29, 0.717) is 37.4 Å². The number of hydrogen-bond donors (Lipinski definition) is 2. The lowest BCUT2D eigenvalue weighted by atomic mass is 9.93. The Kier molecular flexibility index (Phi) is 11.0. The Morgan fingerprint density at radius 3 is 2.53 bits per heavy atom. The lowest BCUT2D eigenvalue weighted by Crippen LogP contribution is -2.21. The van der Waals surface area contributed by atoms with E-state index in [0.717, 1.165) is 17.9 Å². The highest BCUT2D eigenvalue weighted by Gasteiger charge is 2.25. The maximum absolute atomic E-state index is 13.0. The summed E-state index contributed by atoms with van der Waals surface area (Å²) >= 11 is 0. The Morgan fingerprint density at radius 2 is 1.87 bits per heavy atom. The lowest BCUT2D eigenvalue weighted by Gasteiger charge is -2.14. The zero-order valence-electron chi connectivity index (χ0n) is 22.5. The smallest absolute Gasteiger partial charge is 0.410 e. The molecule has 2 unspecified atom stereocenters. The van der Waals surface area contributed by atoms with Gasteiger partial charge in [-0.25, -0.2) is 9.59 Å². The second-order valence-electron chi connectivity index (χ2n) is 10.1. The van der Waals surface area contributed by atoms with E-state index >= 15 is 0 Å². The van der Waals surface area contributed by atoms with Crippen LogP contribution in [0.3, 0.4) is 0 Å². The number of nitrogens with one attached hydrogen (secondary N) is 1. The number of benzene rings is 1. The summed E-state index contributed by atoms with van der Waals surface area (Å²) in [5.41, 5.74) is -0.0456. The topological polar surface area (TPSA) is 115 Å². The maximum atomic E-state index is 13.0. The van der Waals surface area contributed by atoms with Gasteiger partial charge in [0.25, 0.3) is 0 Å². The largest absolute Gasteiger partial charge is 0.507 e. The normalized spacial score (nSPS) is 15.3. The standard InChI is InChI=1S/C30H39NO7/c1-20(8-6-7-17-31-30(35)36-3)26-18-25(32)27(29(34)38-26)28(33)21(2)11-12-22-13-15-24(16-14-22)37-19-23-9-4-5-10-23/h7,13-18,20-21,23,32H,4-6,8-12,19H2,1-3H3,(H,31,35)/b17-7+. The number of rotatable bonds is 13. The van der Waals surface area contributed by atoms with Crippen LogP contribution in [0, 0.1) is 11.8 Å². The van der Waals surface area contributed by atoms with Crippen molar-refractivity contribution in [2.75, 3.05) is 13.7 Å². The van der Waals surface area contributed by atoms with E-state index in [1.165, 1.54) is 45.1 Å². The van der Waals surface area contributed by atoms with Gasteiger partial charge < -0.3 is 19.0 Å². The van der Waals surface area contributed by atoms with Gasteiger partial charge in [-0.2, -0.15) is 0 Å². The molecule has 0 radical (unpaired) electrons. The molecule has 1 aliphatic carbocycles. The fourth-order valence-electron chi connectivity index (χ4n) is 4.63. The van der Waals surface area contributed by atoms with Crippen molar-refractivity contribution in [3.8, 4) is 11.5 Å². The number of carbonyl (C=O) groups is 2. The van der Waals surface area contributed by atoms with Crippen LogP contribution in [0.2, 0.25) is 0 Å². The summed E-state index contributed by atoms with van der Waals surface area (Å²) in [4.78, 5) is 36.6. The van der Waals surface area contributed by atoms with Crippen molar-refractivity contribution in [1.29, 1.82) is 0 Å². The van der Waals surface area contributed by atoms with Gasteiger partial charge in [-0.05, 0) is 62.1 Å². The predicted octanol–water partition coefficient (Wildman–Crippen LogP) is 6.12. The van der Waals surface area contributed by atoms with Crippen LogP contribution in [0.1, 0.15) is 86.4 Å². The summed E-state index contributed by atoms with van der Waals surface area (Å²) in [5.74, 6) is 0.403. The molecule has 0 saturated heterocycles. The Hall–Kier alpha value is -3.55. The van der Waals surface area contributed by atoms with Crippen molar-refractivity contribution in [1.82, 2.24) is 5.32 Å². The minimum atomic E-state index is -0.824. The van der Waals surface area contributed by atoms with Crippen LogP contribution in [-0.2, 0) is 11.2 Å². The van der Waals surface area contributed by atoms with Crippen molar-refractivity contribution < 1.29 is 28.6 Å². The van der Waals surface area contributed by atoms with E-state index in [1.54, 1.807) is 13.0 Å². The second kappa shape index (κ2) is 14.4. The van der Waals surface area contributed by atoms with Gasteiger partial charge in [-0.1, -0.05) is 44.9 Å². The van der Waals surface area contributed by atoms with Crippen molar-refractivity contribution in [2.24, 2.45) is 11.8 Å². The van der Waals surface area contributed by atoms with E-state index in [-0.39, 0.29) is 17.2 Å². The number of aromatic hydroxyl groups is 1. The van der Waals surface area contributed by atoms with Gasteiger partial charge in [0.05, 0.1) is 13.7 Å². The van der Waals surface area contributed by atoms with Crippen LogP contribution in [-0.4, -0.2) is 30.7 Å². The van der Waals surface area contributed by atoms with Crippen molar-refractivity contribution >= 4 is 11.9 Å². The van der Waals surface area contributed by atoms with E-state index in [1.807, 2.05) is 31.2 Å². The van der Waals surface area contributed by atoms with Crippen LogP contribution >= 0.6 is 0 Å².